The number of esters is 2. The lowest BCUT2D eigenvalue weighted by Crippen LogP contribution is -2.11. The van der Waals surface area contributed by atoms with Crippen LogP contribution in [0.5, 0.6) is 0 Å². The highest BCUT2D eigenvalue weighted by molar-refractivity contribution is 5.88. The number of aryl methyl sites for hydroxylation is 2. The van der Waals surface area contributed by atoms with Gasteiger partial charge in [0, 0.05) is 0 Å². The number of hydrogen-bond acceptors (Lipinski definition) is 13. The number of aromatic nitrogens is 6. The lowest BCUT2D eigenvalue weighted by molar-refractivity contribution is 0.0416. The smallest absolute Gasteiger partial charge is 0.362 e. The molecule has 13 nitrogen and oxygen atoms in total. The van der Waals surface area contributed by atoms with E-state index in [1.165, 1.54) is 13.8 Å². The van der Waals surface area contributed by atoms with Crippen molar-refractivity contribution in [3.8, 4) is 0 Å². The third-order valence-electron chi connectivity index (χ3n) is 3.01. The molecule has 0 unspecified atom stereocenters. The van der Waals surface area contributed by atoms with E-state index < -0.39 is 11.9 Å². The van der Waals surface area contributed by atoms with Crippen molar-refractivity contribution in [1.29, 1.82) is 0 Å². The van der Waals surface area contributed by atoms with Crippen molar-refractivity contribution in [2.24, 2.45) is 0 Å². The zero-order chi connectivity index (χ0) is 17.8. The van der Waals surface area contributed by atoms with Crippen LogP contribution in [0.3, 0.4) is 0 Å². The Balaban J connectivity index is 1.57. The molecule has 25 heavy (non-hydrogen) atoms. The van der Waals surface area contributed by atoms with Gasteiger partial charge in [0.2, 0.25) is 11.4 Å². The number of carbonyl (C=O) groups is 2. The average Bonchev–Trinajstić information content (AvgIpc) is 3.31. The van der Waals surface area contributed by atoms with E-state index in [0.29, 0.717) is 0 Å². The zero-order valence-corrected chi connectivity index (χ0v) is 13.0. The standard InChI is InChI=1S/C12H10N6O7/c1-5-9(17-23-13-5)11(19)21-3-7-8(16-25-15-7)4-22-12(20)10-6(2)14-24-18-10/h3-4H2,1-2H3. The van der Waals surface area contributed by atoms with Gasteiger partial charge in [0.25, 0.3) is 0 Å². The van der Waals surface area contributed by atoms with Crippen molar-refractivity contribution < 1.29 is 32.9 Å². The van der Waals surface area contributed by atoms with Crippen LogP contribution in [-0.2, 0) is 22.7 Å². The van der Waals surface area contributed by atoms with E-state index in [2.05, 4.69) is 44.8 Å². The summed E-state index contributed by atoms with van der Waals surface area (Å²) in [6.45, 7) is 2.53. The van der Waals surface area contributed by atoms with Crippen molar-refractivity contribution in [2.45, 2.75) is 27.1 Å². The van der Waals surface area contributed by atoms with Gasteiger partial charge in [-0.25, -0.2) is 23.5 Å². The molecule has 13 heteroatoms. The van der Waals surface area contributed by atoms with Gasteiger partial charge in [0.1, 0.15) is 36.0 Å². The van der Waals surface area contributed by atoms with Crippen molar-refractivity contribution >= 4 is 11.9 Å². The van der Waals surface area contributed by atoms with Gasteiger partial charge in [-0.2, -0.15) is 0 Å². The van der Waals surface area contributed by atoms with E-state index in [9.17, 15) is 9.59 Å². The summed E-state index contributed by atoms with van der Waals surface area (Å²) in [5.41, 5.74) is 0.801. The Labute approximate surface area is 138 Å². The Hall–Kier alpha value is -3.64. The molecule has 130 valence electrons. The van der Waals surface area contributed by atoms with E-state index >= 15 is 0 Å². The Morgan fingerprint density at radius 1 is 0.720 bits per heavy atom. The van der Waals surface area contributed by atoms with Crippen LogP contribution in [0.4, 0.5) is 0 Å². The van der Waals surface area contributed by atoms with Gasteiger partial charge in [0.15, 0.2) is 0 Å². The maximum Gasteiger partial charge on any atom is 0.362 e. The van der Waals surface area contributed by atoms with Crippen LogP contribution in [0.25, 0.3) is 0 Å². The van der Waals surface area contributed by atoms with Crippen LogP contribution in [0, 0.1) is 13.8 Å². The number of ether oxygens (including phenoxy) is 2. The topological polar surface area (TPSA) is 169 Å². The second-order valence-corrected chi connectivity index (χ2v) is 4.71. The first-order valence-corrected chi connectivity index (χ1v) is 6.79. The molecule has 3 rings (SSSR count). The summed E-state index contributed by atoms with van der Waals surface area (Å²) in [7, 11) is 0. The number of rotatable bonds is 6. The maximum atomic E-state index is 11.8. The van der Waals surface area contributed by atoms with Crippen LogP contribution in [0.2, 0.25) is 0 Å². The van der Waals surface area contributed by atoms with Crippen molar-refractivity contribution in [2.75, 3.05) is 0 Å². The Morgan fingerprint density at radius 3 is 1.48 bits per heavy atom. The van der Waals surface area contributed by atoms with Gasteiger partial charge in [-0.15, -0.1) is 0 Å². The summed E-state index contributed by atoms with van der Waals surface area (Å²) in [5, 5.41) is 21.0. The molecule has 0 fully saturated rings. The summed E-state index contributed by atoms with van der Waals surface area (Å²) < 4.78 is 23.4. The third kappa shape index (κ3) is 3.49. The predicted octanol–water partition coefficient (Wildman–Crippen LogP) is 0.166. The molecule has 0 amide bonds. The number of nitrogens with zero attached hydrogens (tertiary/aromatic N) is 6. The quantitative estimate of drug-likeness (QED) is 0.551. The lowest BCUT2D eigenvalue weighted by Gasteiger charge is -2.02. The van der Waals surface area contributed by atoms with Crippen LogP contribution in [-0.4, -0.2) is 42.9 Å². The zero-order valence-electron chi connectivity index (χ0n) is 13.0. The van der Waals surface area contributed by atoms with Crippen LogP contribution in [0.1, 0.15) is 43.8 Å². The second-order valence-electron chi connectivity index (χ2n) is 4.71. The SMILES string of the molecule is Cc1nonc1C(=O)OCc1nonc1COC(=O)c1nonc1C. The molecule has 0 saturated carbocycles. The first kappa shape index (κ1) is 16.2. The molecule has 0 aliphatic carbocycles. The van der Waals surface area contributed by atoms with Crippen molar-refractivity contribution in [3.63, 3.8) is 0 Å². The van der Waals surface area contributed by atoms with E-state index in [4.69, 9.17) is 9.47 Å². The van der Waals surface area contributed by atoms with Crippen LogP contribution < -0.4 is 0 Å². The highest BCUT2D eigenvalue weighted by Crippen LogP contribution is 2.11. The summed E-state index contributed by atoms with van der Waals surface area (Å²) in [6, 6.07) is 0. The summed E-state index contributed by atoms with van der Waals surface area (Å²) in [5.74, 6) is -1.51. The van der Waals surface area contributed by atoms with Crippen molar-refractivity contribution in [1.82, 2.24) is 30.9 Å². The van der Waals surface area contributed by atoms with Gasteiger partial charge in [-0.3, -0.25) is 0 Å². The largest absolute Gasteiger partial charge is 0.454 e. The van der Waals surface area contributed by atoms with Gasteiger partial charge < -0.3 is 9.47 Å². The summed E-state index contributed by atoms with van der Waals surface area (Å²) in [6.07, 6.45) is 0. The molecule has 0 bridgehead atoms. The Morgan fingerprint density at radius 2 is 1.12 bits per heavy atom. The Kier molecular flexibility index (Phi) is 4.45. The fraction of sp³-hybridized carbons (Fsp3) is 0.333. The fourth-order valence-corrected chi connectivity index (χ4v) is 1.68. The van der Waals surface area contributed by atoms with E-state index in [1.54, 1.807) is 0 Å². The number of carbonyl (C=O) groups excluding carboxylic acids is 2. The van der Waals surface area contributed by atoms with Gasteiger partial charge in [-0.05, 0) is 24.2 Å². The van der Waals surface area contributed by atoms with Crippen molar-refractivity contribution in [3.05, 3.63) is 34.2 Å². The molecule has 0 spiro atoms. The molecule has 0 atom stereocenters. The molecule has 3 heterocycles. The number of hydrogen-bond donors (Lipinski definition) is 0. The van der Waals surface area contributed by atoms with Crippen LogP contribution in [0.15, 0.2) is 13.9 Å². The molecule has 0 saturated heterocycles. The minimum Gasteiger partial charge on any atom is -0.454 e. The highest BCUT2D eigenvalue weighted by atomic mass is 16.6. The average molecular weight is 350 g/mol. The van der Waals surface area contributed by atoms with E-state index in [0.717, 1.165) is 0 Å². The van der Waals surface area contributed by atoms with Gasteiger partial charge in [0.05, 0.1) is 0 Å². The highest BCUT2D eigenvalue weighted by Gasteiger charge is 2.21. The third-order valence-corrected chi connectivity index (χ3v) is 3.01. The minimum absolute atomic E-state index is 0.0570. The normalized spacial score (nSPS) is 10.6. The van der Waals surface area contributed by atoms with Crippen LogP contribution >= 0.6 is 0 Å². The molecule has 3 aromatic heterocycles. The summed E-state index contributed by atoms with van der Waals surface area (Å²) >= 11 is 0. The van der Waals surface area contributed by atoms with Gasteiger partial charge in [-0.1, -0.05) is 20.6 Å². The first-order valence-electron chi connectivity index (χ1n) is 6.79. The van der Waals surface area contributed by atoms with E-state index in [1.807, 2.05) is 0 Å². The minimum atomic E-state index is -0.756. The Bertz CT molecular complexity index is 827. The second kappa shape index (κ2) is 6.86. The molecule has 0 radical (unpaired) electrons. The first-order chi connectivity index (χ1) is 12.1. The van der Waals surface area contributed by atoms with Gasteiger partial charge >= 0.3 is 11.9 Å². The molecule has 3 aromatic rings. The molecule has 0 aliphatic heterocycles. The monoisotopic (exact) mass is 350 g/mol. The molecular formula is C12H10N6O7. The van der Waals surface area contributed by atoms with E-state index in [-0.39, 0.29) is 47.4 Å². The lowest BCUT2D eigenvalue weighted by atomic mass is 10.3. The molecule has 0 aromatic carbocycles. The molecule has 0 aliphatic rings. The maximum absolute atomic E-state index is 11.8. The fourth-order valence-electron chi connectivity index (χ4n) is 1.68. The molecule has 0 N–H and O–H groups in total. The predicted molar refractivity (Wildman–Crippen MR) is 70.6 cm³/mol. The summed E-state index contributed by atoms with van der Waals surface area (Å²) in [4.78, 5) is 23.6. The molecular weight excluding hydrogens is 340 g/mol.